The number of carboxylic acids is 1. The van der Waals surface area contributed by atoms with Gasteiger partial charge < -0.3 is 10.2 Å². The Kier molecular flexibility index (Phi) is 4.67. The zero-order chi connectivity index (χ0) is 14.7. The summed E-state index contributed by atoms with van der Waals surface area (Å²) in [5.74, 6) is -1.19. The Labute approximate surface area is 112 Å². The lowest BCUT2D eigenvalue weighted by atomic mass is 10.0. The van der Waals surface area contributed by atoms with E-state index in [1.165, 1.54) is 19.1 Å². The molecular formula is C12H17NO5S. The van der Waals surface area contributed by atoms with E-state index >= 15 is 0 Å². The van der Waals surface area contributed by atoms with E-state index in [4.69, 9.17) is 5.11 Å². The summed E-state index contributed by atoms with van der Waals surface area (Å²) in [5, 5.41) is 18.3. The average molecular weight is 287 g/mol. The number of nitrogens with one attached hydrogen (secondary N) is 1. The fourth-order valence-electron chi connectivity index (χ4n) is 1.44. The molecule has 0 bridgehead atoms. The Morgan fingerprint density at radius 2 is 1.84 bits per heavy atom. The minimum absolute atomic E-state index is 0.0734. The molecule has 0 radical (unpaired) electrons. The lowest BCUT2D eigenvalue weighted by Gasteiger charge is -2.21. The fourth-order valence-corrected chi connectivity index (χ4v) is 2.60. The van der Waals surface area contributed by atoms with Gasteiger partial charge >= 0.3 is 5.97 Å². The van der Waals surface area contributed by atoms with Gasteiger partial charge in [-0.2, -0.15) is 0 Å². The van der Waals surface area contributed by atoms with Crippen LogP contribution in [0.2, 0.25) is 0 Å². The highest BCUT2D eigenvalue weighted by molar-refractivity contribution is 7.89. The number of aliphatic carboxylic acids is 1. The second-order valence-electron chi connectivity index (χ2n) is 4.71. The molecule has 7 heteroatoms. The van der Waals surface area contributed by atoms with Gasteiger partial charge in [-0.15, -0.1) is 0 Å². The predicted octanol–water partition coefficient (Wildman–Crippen LogP) is 0.499. The van der Waals surface area contributed by atoms with Crippen LogP contribution in [0, 0.1) is 6.92 Å². The fraction of sp³-hybridized carbons (Fsp3) is 0.417. The molecule has 0 amide bonds. The van der Waals surface area contributed by atoms with Gasteiger partial charge in [0.15, 0.2) is 0 Å². The summed E-state index contributed by atoms with van der Waals surface area (Å²) in [7, 11) is -3.75. The number of hydrogen-bond acceptors (Lipinski definition) is 4. The lowest BCUT2D eigenvalue weighted by molar-refractivity contribution is -0.141. The van der Waals surface area contributed by atoms with Crippen LogP contribution in [-0.4, -0.2) is 36.7 Å². The number of carboxylic acid groups (broad SMARTS) is 1. The van der Waals surface area contributed by atoms with Crippen LogP contribution in [-0.2, 0) is 14.8 Å². The molecule has 0 heterocycles. The van der Waals surface area contributed by atoms with Crippen molar-refractivity contribution in [1.82, 2.24) is 4.72 Å². The van der Waals surface area contributed by atoms with Crippen molar-refractivity contribution in [1.29, 1.82) is 0 Å². The van der Waals surface area contributed by atoms with Gasteiger partial charge in [0.25, 0.3) is 0 Å². The van der Waals surface area contributed by atoms with Crippen molar-refractivity contribution in [2.45, 2.75) is 30.8 Å². The van der Waals surface area contributed by atoms with E-state index < -0.39 is 28.0 Å². The predicted molar refractivity (Wildman–Crippen MR) is 69.2 cm³/mol. The van der Waals surface area contributed by atoms with E-state index in [1.54, 1.807) is 12.1 Å². The van der Waals surface area contributed by atoms with Crippen LogP contribution in [0.1, 0.15) is 18.9 Å². The van der Waals surface area contributed by atoms with Crippen LogP contribution >= 0.6 is 0 Å². The summed E-state index contributed by atoms with van der Waals surface area (Å²) in [4.78, 5) is 10.6. The van der Waals surface area contributed by atoms with Gasteiger partial charge in [0.05, 0.1) is 16.9 Å². The minimum atomic E-state index is -3.75. The summed E-state index contributed by atoms with van der Waals surface area (Å²) in [6.45, 7) is 2.73. The van der Waals surface area contributed by atoms with Crippen molar-refractivity contribution in [3.63, 3.8) is 0 Å². The molecule has 1 rings (SSSR count). The molecule has 0 aromatic heterocycles. The number of aliphatic hydroxyl groups is 1. The Hall–Kier alpha value is -1.44. The van der Waals surface area contributed by atoms with E-state index in [2.05, 4.69) is 4.72 Å². The van der Waals surface area contributed by atoms with Gasteiger partial charge in [0, 0.05) is 6.54 Å². The smallest absolute Gasteiger partial charge is 0.306 e. The number of benzene rings is 1. The van der Waals surface area contributed by atoms with Gasteiger partial charge in [-0.1, -0.05) is 17.7 Å². The number of rotatable bonds is 6. The molecule has 3 N–H and O–H groups in total. The molecule has 0 aliphatic rings. The second kappa shape index (κ2) is 5.68. The Bertz CT molecular complexity index is 548. The Balaban J connectivity index is 2.76. The summed E-state index contributed by atoms with van der Waals surface area (Å²) >= 11 is 0. The number of sulfonamides is 1. The van der Waals surface area contributed by atoms with Gasteiger partial charge in [0.2, 0.25) is 10.0 Å². The lowest BCUT2D eigenvalue weighted by Crippen LogP contribution is -2.42. The molecule has 0 aliphatic heterocycles. The van der Waals surface area contributed by atoms with Crippen molar-refractivity contribution in [3.05, 3.63) is 29.8 Å². The third kappa shape index (κ3) is 4.98. The van der Waals surface area contributed by atoms with E-state index in [-0.39, 0.29) is 11.4 Å². The number of carbonyl (C=O) groups is 1. The molecular weight excluding hydrogens is 270 g/mol. The first-order valence-electron chi connectivity index (χ1n) is 5.63. The summed E-state index contributed by atoms with van der Waals surface area (Å²) in [6, 6.07) is 6.21. The molecule has 1 aromatic rings. The highest BCUT2D eigenvalue weighted by Gasteiger charge is 2.26. The van der Waals surface area contributed by atoms with Crippen LogP contribution in [0.25, 0.3) is 0 Å². The van der Waals surface area contributed by atoms with E-state index in [0.717, 1.165) is 5.56 Å². The number of hydrogen-bond donors (Lipinski definition) is 3. The maximum atomic E-state index is 11.9. The standard InChI is InChI=1S/C12H17NO5S/c1-9-3-5-10(6-4-9)19(17,18)13-8-12(2,16)7-11(14)15/h3-6,13,16H,7-8H2,1-2H3,(H,14,15). The molecule has 1 aromatic carbocycles. The highest BCUT2D eigenvalue weighted by Crippen LogP contribution is 2.12. The molecule has 0 aliphatic carbocycles. The zero-order valence-corrected chi connectivity index (χ0v) is 11.6. The van der Waals surface area contributed by atoms with Gasteiger partial charge in [-0.05, 0) is 26.0 Å². The molecule has 6 nitrogen and oxygen atoms in total. The quantitative estimate of drug-likeness (QED) is 0.707. The maximum Gasteiger partial charge on any atom is 0.306 e. The SMILES string of the molecule is Cc1ccc(S(=O)(=O)NCC(C)(O)CC(=O)O)cc1. The average Bonchev–Trinajstić information content (AvgIpc) is 2.26. The molecule has 0 saturated carbocycles. The van der Waals surface area contributed by atoms with Crippen molar-refractivity contribution in [2.75, 3.05) is 6.54 Å². The Morgan fingerprint density at radius 1 is 1.32 bits per heavy atom. The summed E-state index contributed by atoms with van der Waals surface area (Å²) in [5.41, 5.74) is -0.708. The van der Waals surface area contributed by atoms with Crippen LogP contribution in [0.4, 0.5) is 0 Å². The monoisotopic (exact) mass is 287 g/mol. The molecule has 106 valence electrons. The number of aryl methyl sites for hydroxylation is 1. The van der Waals surface area contributed by atoms with Gasteiger partial charge in [-0.3, -0.25) is 4.79 Å². The van der Waals surface area contributed by atoms with Crippen molar-refractivity contribution < 1.29 is 23.4 Å². The molecule has 1 unspecified atom stereocenters. The second-order valence-corrected chi connectivity index (χ2v) is 6.47. The maximum absolute atomic E-state index is 11.9. The molecule has 0 saturated heterocycles. The van der Waals surface area contributed by atoms with Crippen molar-refractivity contribution in [2.24, 2.45) is 0 Å². The highest BCUT2D eigenvalue weighted by atomic mass is 32.2. The minimum Gasteiger partial charge on any atom is -0.481 e. The first-order chi connectivity index (χ1) is 8.62. The molecule has 1 atom stereocenters. The van der Waals surface area contributed by atoms with Crippen LogP contribution in [0.5, 0.6) is 0 Å². The molecule has 0 fully saturated rings. The molecule has 0 spiro atoms. The third-order valence-electron chi connectivity index (χ3n) is 2.51. The largest absolute Gasteiger partial charge is 0.481 e. The topological polar surface area (TPSA) is 104 Å². The van der Waals surface area contributed by atoms with Crippen LogP contribution in [0.3, 0.4) is 0 Å². The van der Waals surface area contributed by atoms with Gasteiger partial charge in [-0.25, -0.2) is 13.1 Å². The van der Waals surface area contributed by atoms with Crippen molar-refractivity contribution >= 4 is 16.0 Å². The summed E-state index contributed by atoms with van der Waals surface area (Å²) in [6.07, 6.45) is -0.538. The normalized spacial score (nSPS) is 14.9. The first kappa shape index (κ1) is 15.6. The Morgan fingerprint density at radius 3 is 2.32 bits per heavy atom. The van der Waals surface area contributed by atoms with E-state index in [1.807, 2.05) is 6.92 Å². The van der Waals surface area contributed by atoms with Gasteiger partial charge in [0.1, 0.15) is 0 Å². The first-order valence-corrected chi connectivity index (χ1v) is 7.11. The van der Waals surface area contributed by atoms with Crippen LogP contribution in [0.15, 0.2) is 29.2 Å². The third-order valence-corrected chi connectivity index (χ3v) is 3.92. The summed E-state index contributed by atoms with van der Waals surface area (Å²) < 4.78 is 26.0. The van der Waals surface area contributed by atoms with E-state index in [0.29, 0.717) is 0 Å². The van der Waals surface area contributed by atoms with Crippen LogP contribution < -0.4 is 4.72 Å². The zero-order valence-electron chi connectivity index (χ0n) is 10.8. The van der Waals surface area contributed by atoms with Crippen molar-refractivity contribution in [3.8, 4) is 0 Å². The van der Waals surface area contributed by atoms with E-state index in [9.17, 15) is 18.3 Å². The molecule has 19 heavy (non-hydrogen) atoms.